The molecule has 0 radical (unpaired) electrons. The summed E-state index contributed by atoms with van der Waals surface area (Å²) in [5.41, 5.74) is -1.52. The molecule has 1 fully saturated rings. The molecule has 0 saturated carbocycles. The van der Waals surface area contributed by atoms with E-state index < -0.39 is 49.3 Å². The molecule has 168 valence electrons. The number of ether oxygens (including phenoxy) is 6. The SMILES string of the molecule is CCC[C@H](OC)C(=O)OCO[C@H](C(=O)OCOC1(C(=O)O)CCOC1)C(C)CC. The number of carboxylic acids is 1. The fraction of sp³-hybridized carbons (Fsp3) is 0.842. The highest BCUT2D eigenvalue weighted by Crippen LogP contribution is 2.24. The summed E-state index contributed by atoms with van der Waals surface area (Å²) in [6, 6.07) is 0. The maximum atomic E-state index is 12.4. The van der Waals surface area contributed by atoms with Crippen LogP contribution in [0.25, 0.3) is 0 Å². The van der Waals surface area contributed by atoms with E-state index in [9.17, 15) is 19.5 Å². The van der Waals surface area contributed by atoms with Crippen LogP contribution in [-0.4, -0.2) is 74.7 Å². The lowest BCUT2D eigenvalue weighted by atomic mass is 10.0. The monoisotopic (exact) mass is 420 g/mol. The Morgan fingerprint density at radius 1 is 1.14 bits per heavy atom. The normalized spacial score (nSPS) is 21.9. The number of rotatable bonds is 14. The summed E-state index contributed by atoms with van der Waals surface area (Å²) in [7, 11) is 1.42. The van der Waals surface area contributed by atoms with Crippen LogP contribution in [0.2, 0.25) is 0 Å². The predicted molar refractivity (Wildman–Crippen MR) is 98.8 cm³/mol. The third-order valence-corrected chi connectivity index (χ3v) is 4.85. The van der Waals surface area contributed by atoms with Crippen LogP contribution < -0.4 is 0 Å². The molecule has 4 atom stereocenters. The lowest BCUT2D eigenvalue weighted by molar-refractivity contribution is -0.204. The van der Waals surface area contributed by atoms with E-state index in [1.807, 2.05) is 13.8 Å². The van der Waals surface area contributed by atoms with Crippen LogP contribution in [0.3, 0.4) is 0 Å². The minimum Gasteiger partial charge on any atom is -0.479 e. The number of aliphatic carboxylic acids is 1. The predicted octanol–water partition coefficient (Wildman–Crippen LogP) is 1.49. The lowest BCUT2D eigenvalue weighted by Crippen LogP contribution is -2.43. The zero-order valence-corrected chi connectivity index (χ0v) is 17.5. The van der Waals surface area contributed by atoms with Crippen molar-refractivity contribution in [2.75, 3.05) is 33.9 Å². The molecule has 1 aliphatic heterocycles. The second-order valence-corrected chi connectivity index (χ2v) is 6.89. The Kier molecular flexibility index (Phi) is 11.1. The van der Waals surface area contributed by atoms with Crippen molar-refractivity contribution >= 4 is 17.9 Å². The first-order valence-corrected chi connectivity index (χ1v) is 9.74. The Bertz CT molecular complexity index is 529. The van der Waals surface area contributed by atoms with Crippen molar-refractivity contribution < 1.29 is 47.9 Å². The van der Waals surface area contributed by atoms with E-state index in [-0.39, 0.29) is 25.6 Å². The minimum absolute atomic E-state index is 0.112. The van der Waals surface area contributed by atoms with Crippen LogP contribution in [0.4, 0.5) is 0 Å². The molecule has 1 rings (SSSR count). The highest BCUT2D eigenvalue weighted by atomic mass is 16.7. The van der Waals surface area contributed by atoms with Gasteiger partial charge in [0.15, 0.2) is 31.4 Å². The number of carbonyl (C=O) groups is 3. The first-order chi connectivity index (χ1) is 13.8. The molecule has 1 heterocycles. The molecular formula is C19H32O10. The van der Waals surface area contributed by atoms with Gasteiger partial charge in [-0.05, 0) is 12.3 Å². The third-order valence-electron chi connectivity index (χ3n) is 4.85. The zero-order valence-electron chi connectivity index (χ0n) is 17.5. The molecule has 10 heteroatoms. The number of hydrogen-bond acceptors (Lipinski definition) is 9. The maximum Gasteiger partial charge on any atom is 0.338 e. The molecule has 0 aromatic heterocycles. The zero-order chi connectivity index (χ0) is 21.9. The van der Waals surface area contributed by atoms with Crippen molar-refractivity contribution in [1.82, 2.24) is 0 Å². The molecular weight excluding hydrogens is 388 g/mol. The summed E-state index contributed by atoms with van der Waals surface area (Å²) < 4.78 is 30.9. The molecule has 1 N–H and O–H groups in total. The van der Waals surface area contributed by atoms with Crippen molar-refractivity contribution in [2.24, 2.45) is 5.92 Å². The summed E-state index contributed by atoms with van der Waals surface area (Å²) in [6.45, 7) is 4.73. The van der Waals surface area contributed by atoms with Crippen LogP contribution in [-0.2, 0) is 42.8 Å². The molecule has 1 aliphatic rings. The first-order valence-electron chi connectivity index (χ1n) is 9.74. The van der Waals surface area contributed by atoms with Crippen LogP contribution in [0.1, 0.15) is 46.5 Å². The van der Waals surface area contributed by atoms with Gasteiger partial charge in [0.1, 0.15) is 0 Å². The second kappa shape index (κ2) is 12.7. The van der Waals surface area contributed by atoms with Crippen LogP contribution >= 0.6 is 0 Å². The van der Waals surface area contributed by atoms with Gasteiger partial charge >= 0.3 is 17.9 Å². The minimum atomic E-state index is -1.52. The van der Waals surface area contributed by atoms with Gasteiger partial charge in [0, 0.05) is 13.5 Å². The van der Waals surface area contributed by atoms with Crippen LogP contribution in [0.15, 0.2) is 0 Å². The van der Waals surface area contributed by atoms with Crippen LogP contribution in [0.5, 0.6) is 0 Å². The number of carbonyl (C=O) groups excluding carboxylic acids is 2. The van der Waals surface area contributed by atoms with Crippen molar-refractivity contribution in [3.05, 3.63) is 0 Å². The van der Waals surface area contributed by atoms with Gasteiger partial charge in [0.25, 0.3) is 0 Å². The van der Waals surface area contributed by atoms with E-state index in [1.165, 1.54) is 7.11 Å². The first kappa shape index (κ1) is 25.3. The van der Waals surface area contributed by atoms with E-state index in [0.717, 1.165) is 6.42 Å². The summed E-state index contributed by atoms with van der Waals surface area (Å²) in [6.07, 6.45) is 0.353. The topological polar surface area (TPSA) is 127 Å². The van der Waals surface area contributed by atoms with Gasteiger partial charge in [-0.1, -0.05) is 33.6 Å². The van der Waals surface area contributed by atoms with Gasteiger partial charge in [0.05, 0.1) is 13.2 Å². The molecule has 1 saturated heterocycles. The van der Waals surface area contributed by atoms with E-state index >= 15 is 0 Å². The van der Waals surface area contributed by atoms with Crippen molar-refractivity contribution in [2.45, 2.75) is 64.3 Å². The highest BCUT2D eigenvalue weighted by Gasteiger charge is 2.44. The van der Waals surface area contributed by atoms with Gasteiger partial charge in [-0.25, -0.2) is 14.4 Å². The fourth-order valence-corrected chi connectivity index (χ4v) is 2.70. The van der Waals surface area contributed by atoms with Crippen molar-refractivity contribution in [1.29, 1.82) is 0 Å². The molecule has 0 aromatic carbocycles. The summed E-state index contributed by atoms with van der Waals surface area (Å²) in [5, 5.41) is 9.31. The molecule has 0 bridgehead atoms. The number of methoxy groups -OCH3 is 1. The summed E-state index contributed by atoms with van der Waals surface area (Å²) in [5.74, 6) is -2.70. The molecule has 29 heavy (non-hydrogen) atoms. The Morgan fingerprint density at radius 2 is 1.83 bits per heavy atom. The standard InChI is InChI=1S/C19H32O10/c1-5-7-14(24-4)16(20)27-11-26-15(13(3)6-2)17(21)28-12-29-19(18(22)23)8-9-25-10-19/h13-15H,5-12H2,1-4H3,(H,22,23)/t13?,14-,15-,19?/m0/s1. The largest absolute Gasteiger partial charge is 0.479 e. The van der Waals surface area contributed by atoms with E-state index in [0.29, 0.717) is 12.8 Å². The molecule has 10 nitrogen and oxygen atoms in total. The smallest absolute Gasteiger partial charge is 0.338 e. The van der Waals surface area contributed by atoms with Gasteiger partial charge in [0.2, 0.25) is 0 Å². The number of carboxylic acid groups (broad SMARTS) is 1. The maximum absolute atomic E-state index is 12.4. The second-order valence-electron chi connectivity index (χ2n) is 6.89. The number of esters is 2. The van der Waals surface area contributed by atoms with Gasteiger partial charge in [-0.3, -0.25) is 0 Å². The average Bonchev–Trinajstić information content (AvgIpc) is 3.18. The van der Waals surface area contributed by atoms with Crippen molar-refractivity contribution in [3.63, 3.8) is 0 Å². The van der Waals surface area contributed by atoms with Crippen molar-refractivity contribution in [3.8, 4) is 0 Å². The Hall–Kier alpha value is -1.75. The highest BCUT2D eigenvalue weighted by molar-refractivity contribution is 5.78. The Labute approximate surface area is 170 Å². The quantitative estimate of drug-likeness (QED) is 0.326. The van der Waals surface area contributed by atoms with Crippen LogP contribution in [0, 0.1) is 5.92 Å². The summed E-state index contributed by atoms with van der Waals surface area (Å²) >= 11 is 0. The third kappa shape index (κ3) is 7.54. The van der Waals surface area contributed by atoms with Gasteiger partial charge in [-0.15, -0.1) is 0 Å². The van der Waals surface area contributed by atoms with Gasteiger partial charge in [-0.2, -0.15) is 0 Å². The lowest BCUT2D eigenvalue weighted by Gasteiger charge is -2.25. The van der Waals surface area contributed by atoms with Gasteiger partial charge < -0.3 is 33.5 Å². The Morgan fingerprint density at radius 3 is 2.34 bits per heavy atom. The summed E-state index contributed by atoms with van der Waals surface area (Å²) in [4.78, 5) is 35.7. The molecule has 2 unspecified atom stereocenters. The average molecular weight is 420 g/mol. The molecule has 0 aliphatic carbocycles. The van der Waals surface area contributed by atoms with E-state index in [1.54, 1.807) is 6.92 Å². The Balaban J connectivity index is 2.53. The number of hydrogen-bond donors (Lipinski definition) is 1. The fourth-order valence-electron chi connectivity index (χ4n) is 2.70. The molecule has 0 aromatic rings. The molecule has 0 spiro atoms. The van der Waals surface area contributed by atoms with E-state index in [2.05, 4.69) is 0 Å². The molecule has 0 amide bonds. The van der Waals surface area contributed by atoms with E-state index in [4.69, 9.17) is 28.4 Å².